The van der Waals surface area contributed by atoms with Crippen LogP contribution in [0, 0.1) is 0 Å². The predicted octanol–water partition coefficient (Wildman–Crippen LogP) is 1.44. The second kappa shape index (κ2) is 16.3. The summed E-state index contributed by atoms with van der Waals surface area (Å²) in [5.74, 6) is 0. The molecule has 0 aliphatic carbocycles. The summed E-state index contributed by atoms with van der Waals surface area (Å²) in [6.45, 7) is 4.75. The average molecular weight is 224 g/mol. The summed E-state index contributed by atoms with van der Waals surface area (Å²) < 4.78 is 9.29. The van der Waals surface area contributed by atoms with Crippen LogP contribution in [0.4, 0.5) is 0 Å². The lowest BCUT2D eigenvalue weighted by Gasteiger charge is -2.02. The van der Waals surface area contributed by atoms with Gasteiger partial charge in [0.25, 0.3) is 0 Å². The highest BCUT2D eigenvalue weighted by atomic mass is 16.5. The van der Waals surface area contributed by atoms with Gasteiger partial charge in [0.1, 0.15) is 0 Å². The van der Waals surface area contributed by atoms with Crippen LogP contribution in [-0.2, 0) is 9.47 Å². The van der Waals surface area contributed by atoms with Gasteiger partial charge in [-0.3, -0.25) is 0 Å². The van der Waals surface area contributed by atoms with Crippen LogP contribution in [0.15, 0.2) is 0 Å². The largest absolute Gasteiger partial charge is 0.391 e. The van der Waals surface area contributed by atoms with Crippen molar-refractivity contribution in [3.63, 3.8) is 0 Å². The van der Waals surface area contributed by atoms with Gasteiger partial charge < -0.3 is 19.7 Å². The molecule has 0 aromatic heterocycles. The van der Waals surface area contributed by atoms with Crippen molar-refractivity contribution >= 4 is 0 Å². The second-order valence-corrected chi connectivity index (χ2v) is 3.03. The lowest BCUT2D eigenvalue weighted by Crippen LogP contribution is -2.11. The highest BCUT2D eigenvalue weighted by Gasteiger charge is 1.95. The molecule has 0 radical (unpaired) electrons. The van der Waals surface area contributed by atoms with Crippen molar-refractivity contribution < 1.29 is 19.7 Å². The smallest absolute Gasteiger partial charge is 0.0770 e. The highest BCUT2D eigenvalue weighted by molar-refractivity contribution is 4.46. The van der Waals surface area contributed by atoms with Gasteiger partial charge in [0.15, 0.2) is 0 Å². The van der Waals surface area contributed by atoms with Crippen molar-refractivity contribution in [2.75, 3.05) is 27.4 Å². The number of methoxy groups -OCH3 is 2. The molecule has 0 spiro atoms. The van der Waals surface area contributed by atoms with Crippen molar-refractivity contribution in [1.82, 2.24) is 0 Å². The van der Waals surface area contributed by atoms with Gasteiger partial charge in [0.05, 0.1) is 25.4 Å². The Bertz CT molecular complexity index is 86.6. The van der Waals surface area contributed by atoms with E-state index in [-0.39, 0.29) is 19.6 Å². The van der Waals surface area contributed by atoms with Gasteiger partial charge >= 0.3 is 0 Å². The molecule has 0 aliphatic heterocycles. The van der Waals surface area contributed by atoms with Gasteiger partial charge in [-0.1, -0.05) is 21.3 Å². The number of aliphatic hydroxyl groups is 2. The number of hydrogen-bond donors (Lipinski definition) is 2. The summed E-state index contributed by atoms with van der Waals surface area (Å²) in [5, 5.41) is 17.5. The Hall–Kier alpha value is -0.160. The summed E-state index contributed by atoms with van der Waals surface area (Å²) in [5.41, 5.74) is 0. The van der Waals surface area contributed by atoms with Gasteiger partial charge in [-0.15, -0.1) is 0 Å². The van der Waals surface area contributed by atoms with E-state index in [1.807, 2.05) is 13.8 Å². The zero-order valence-corrected chi connectivity index (χ0v) is 9.69. The summed E-state index contributed by atoms with van der Waals surface area (Å²) >= 11 is 0. The van der Waals surface area contributed by atoms with E-state index in [9.17, 15) is 0 Å². The topological polar surface area (TPSA) is 58.9 Å². The molecule has 0 saturated heterocycles. The van der Waals surface area contributed by atoms with Crippen molar-refractivity contribution in [2.45, 2.75) is 46.3 Å². The fourth-order valence-corrected chi connectivity index (χ4v) is 0.620. The number of hydrogen-bond acceptors (Lipinski definition) is 4. The van der Waals surface area contributed by atoms with Crippen LogP contribution >= 0.6 is 0 Å². The molecular weight excluding hydrogens is 196 g/mol. The van der Waals surface area contributed by atoms with Crippen LogP contribution in [0.1, 0.15) is 34.1 Å². The molecule has 0 fully saturated rings. The van der Waals surface area contributed by atoms with E-state index in [2.05, 4.69) is 9.47 Å². The third-order valence-electron chi connectivity index (χ3n) is 1.66. The SMILES string of the molecule is C.CCC(O)COC.CCC(O)COC. The number of aliphatic hydroxyl groups excluding tert-OH is 2. The number of ether oxygens (including phenoxy) is 2. The zero-order valence-electron chi connectivity index (χ0n) is 9.69. The molecule has 0 saturated carbocycles. The minimum Gasteiger partial charge on any atom is -0.391 e. The number of rotatable bonds is 6. The van der Waals surface area contributed by atoms with Gasteiger partial charge in [0.2, 0.25) is 0 Å². The van der Waals surface area contributed by atoms with Crippen molar-refractivity contribution in [3.05, 3.63) is 0 Å². The van der Waals surface area contributed by atoms with Crippen LogP contribution in [0.5, 0.6) is 0 Å². The average Bonchev–Trinajstić information content (AvgIpc) is 2.19. The fraction of sp³-hybridized carbons (Fsp3) is 1.00. The fourth-order valence-electron chi connectivity index (χ4n) is 0.620. The van der Waals surface area contributed by atoms with Crippen LogP contribution in [0.3, 0.4) is 0 Å². The van der Waals surface area contributed by atoms with E-state index < -0.39 is 0 Å². The predicted molar refractivity (Wildman–Crippen MR) is 63.1 cm³/mol. The van der Waals surface area contributed by atoms with E-state index in [4.69, 9.17) is 10.2 Å². The first kappa shape index (κ1) is 20.3. The summed E-state index contributed by atoms with van der Waals surface area (Å²) in [6.07, 6.45) is 0.997. The Balaban J connectivity index is -0.000000180. The van der Waals surface area contributed by atoms with E-state index in [1.165, 1.54) is 0 Å². The van der Waals surface area contributed by atoms with E-state index in [1.54, 1.807) is 14.2 Å². The third-order valence-corrected chi connectivity index (χ3v) is 1.66. The Morgan fingerprint density at radius 3 is 1.20 bits per heavy atom. The second-order valence-electron chi connectivity index (χ2n) is 3.03. The lowest BCUT2D eigenvalue weighted by atomic mass is 10.3. The molecule has 0 rings (SSSR count). The van der Waals surface area contributed by atoms with E-state index in [0.717, 1.165) is 12.8 Å². The molecule has 15 heavy (non-hydrogen) atoms. The van der Waals surface area contributed by atoms with E-state index in [0.29, 0.717) is 13.2 Å². The van der Waals surface area contributed by atoms with E-state index >= 15 is 0 Å². The molecule has 0 heterocycles. The minimum atomic E-state index is -0.273. The summed E-state index contributed by atoms with van der Waals surface area (Å²) in [7, 11) is 3.16. The van der Waals surface area contributed by atoms with Gasteiger partial charge in [-0.25, -0.2) is 0 Å². The van der Waals surface area contributed by atoms with Crippen LogP contribution in [0.2, 0.25) is 0 Å². The Morgan fingerprint density at radius 1 is 0.867 bits per heavy atom. The zero-order chi connectivity index (χ0) is 11.4. The molecule has 0 aromatic rings. The van der Waals surface area contributed by atoms with Crippen molar-refractivity contribution in [2.24, 2.45) is 0 Å². The molecule has 0 amide bonds. The molecule has 4 nitrogen and oxygen atoms in total. The normalized spacial score (nSPS) is 13.2. The molecule has 2 atom stereocenters. The maximum absolute atomic E-state index is 8.73. The molecule has 96 valence electrons. The lowest BCUT2D eigenvalue weighted by molar-refractivity contribution is 0.0624. The first-order chi connectivity index (χ1) is 6.62. The molecular formula is C11H28O4. The van der Waals surface area contributed by atoms with Gasteiger partial charge in [-0.05, 0) is 12.8 Å². The maximum atomic E-state index is 8.73. The Kier molecular flexibility index (Phi) is 22.0. The van der Waals surface area contributed by atoms with Crippen LogP contribution in [-0.4, -0.2) is 49.9 Å². The van der Waals surface area contributed by atoms with Crippen LogP contribution < -0.4 is 0 Å². The molecule has 0 aliphatic rings. The molecule has 0 bridgehead atoms. The first-order valence-corrected chi connectivity index (χ1v) is 4.96. The van der Waals surface area contributed by atoms with Gasteiger partial charge in [0, 0.05) is 14.2 Å². The quantitative estimate of drug-likeness (QED) is 0.717. The molecule has 4 heteroatoms. The minimum absolute atomic E-state index is 0. The molecule has 2 N–H and O–H groups in total. The molecule has 2 unspecified atom stereocenters. The highest BCUT2D eigenvalue weighted by Crippen LogP contribution is 1.87. The van der Waals surface area contributed by atoms with Crippen LogP contribution in [0.25, 0.3) is 0 Å². The maximum Gasteiger partial charge on any atom is 0.0770 e. The summed E-state index contributed by atoms with van der Waals surface area (Å²) in [6, 6.07) is 0. The standard InChI is InChI=1S/2C5H12O2.CH4/c2*1-3-5(6)4-7-2;/h2*5-6H,3-4H2,1-2H3;1H4. The monoisotopic (exact) mass is 224 g/mol. The Labute approximate surface area is 94.2 Å². The van der Waals surface area contributed by atoms with Gasteiger partial charge in [-0.2, -0.15) is 0 Å². The summed E-state index contributed by atoms with van der Waals surface area (Å²) in [4.78, 5) is 0. The third kappa shape index (κ3) is 20.0. The van der Waals surface area contributed by atoms with Crippen molar-refractivity contribution in [3.8, 4) is 0 Å². The first-order valence-electron chi connectivity index (χ1n) is 4.96. The van der Waals surface area contributed by atoms with Crippen molar-refractivity contribution in [1.29, 1.82) is 0 Å². The Morgan fingerprint density at radius 2 is 1.13 bits per heavy atom. The molecule has 0 aromatic carbocycles.